The number of hydrogen-bond acceptors (Lipinski definition) is 5. The summed E-state index contributed by atoms with van der Waals surface area (Å²) in [5.74, 6) is -0.451. The van der Waals surface area contributed by atoms with Crippen LogP contribution in [0.3, 0.4) is 0 Å². The van der Waals surface area contributed by atoms with Gasteiger partial charge in [-0.05, 0) is 30.2 Å². The van der Waals surface area contributed by atoms with E-state index in [1.54, 1.807) is 0 Å². The molecular weight excluding hydrogens is 330 g/mol. The van der Waals surface area contributed by atoms with Gasteiger partial charge in [-0.15, -0.1) is 0 Å². The summed E-state index contributed by atoms with van der Waals surface area (Å²) in [5.41, 5.74) is 1.16. The molecular formula is C17H19NO5S. The number of sulfonamides is 1. The Morgan fingerprint density at radius 1 is 1.08 bits per heavy atom. The van der Waals surface area contributed by atoms with Crippen LogP contribution >= 0.6 is 0 Å². The molecule has 2 aromatic carbocycles. The molecule has 24 heavy (non-hydrogen) atoms. The number of nitrogens with one attached hydrogen (secondary N) is 1. The number of methoxy groups -OCH3 is 2. The van der Waals surface area contributed by atoms with Crippen molar-refractivity contribution >= 4 is 16.0 Å². The van der Waals surface area contributed by atoms with Crippen molar-refractivity contribution in [2.75, 3.05) is 20.8 Å². The maximum atomic E-state index is 12.5. The van der Waals surface area contributed by atoms with Crippen molar-refractivity contribution in [3.63, 3.8) is 0 Å². The van der Waals surface area contributed by atoms with Gasteiger partial charge in [0.2, 0.25) is 10.0 Å². The largest absolute Gasteiger partial charge is 0.495 e. The standard InChI is InChI=1S/C17H19NO5S/c1-22-15-9-8-14(17(19)23-2)12-16(15)24(20,21)18-11-10-13-6-4-3-5-7-13/h3-9,12,18H,10-11H2,1-2H3. The average molecular weight is 349 g/mol. The Morgan fingerprint density at radius 3 is 2.42 bits per heavy atom. The van der Waals surface area contributed by atoms with Crippen molar-refractivity contribution in [1.82, 2.24) is 4.72 Å². The van der Waals surface area contributed by atoms with Crippen molar-refractivity contribution in [3.05, 3.63) is 59.7 Å². The predicted molar refractivity (Wildman–Crippen MR) is 89.7 cm³/mol. The van der Waals surface area contributed by atoms with Crippen LogP contribution in [0.4, 0.5) is 0 Å². The minimum absolute atomic E-state index is 0.0963. The van der Waals surface area contributed by atoms with E-state index in [4.69, 9.17) is 4.74 Å². The van der Waals surface area contributed by atoms with E-state index in [1.165, 1.54) is 32.4 Å². The molecule has 7 heteroatoms. The first-order valence-electron chi connectivity index (χ1n) is 7.28. The SMILES string of the molecule is COC(=O)c1ccc(OC)c(S(=O)(=O)NCCc2ccccc2)c1. The topological polar surface area (TPSA) is 81.7 Å². The lowest BCUT2D eigenvalue weighted by Crippen LogP contribution is -2.26. The zero-order valence-corrected chi connectivity index (χ0v) is 14.3. The second-order valence-electron chi connectivity index (χ2n) is 4.99. The number of esters is 1. The Labute approximate surface area is 141 Å². The third-order valence-electron chi connectivity index (χ3n) is 3.42. The van der Waals surface area contributed by atoms with Crippen molar-refractivity contribution in [3.8, 4) is 5.75 Å². The van der Waals surface area contributed by atoms with Crippen LogP contribution in [0.25, 0.3) is 0 Å². The van der Waals surface area contributed by atoms with E-state index in [2.05, 4.69) is 9.46 Å². The van der Waals surface area contributed by atoms with Crippen LogP contribution in [-0.4, -0.2) is 35.2 Å². The van der Waals surface area contributed by atoms with E-state index in [9.17, 15) is 13.2 Å². The minimum atomic E-state index is -3.82. The van der Waals surface area contributed by atoms with Crippen LogP contribution in [0.15, 0.2) is 53.4 Å². The second kappa shape index (κ2) is 7.94. The zero-order chi connectivity index (χ0) is 17.6. The van der Waals surface area contributed by atoms with Gasteiger partial charge in [-0.3, -0.25) is 0 Å². The van der Waals surface area contributed by atoms with Crippen LogP contribution < -0.4 is 9.46 Å². The fraction of sp³-hybridized carbons (Fsp3) is 0.235. The second-order valence-corrected chi connectivity index (χ2v) is 6.73. The van der Waals surface area contributed by atoms with Crippen molar-refractivity contribution in [2.24, 2.45) is 0 Å². The Bertz CT molecular complexity index is 803. The first-order chi connectivity index (χ1) is 11.5. The van der Waals surface area contributed by atoms with Gasteiger partial charge in [0.15, 0.2) is 0 Å². The number of benzene rings is 2. The maximum absolute atomic E-state index is 12.5. The molecule has 0 aliphatic heterocycles. The molecule has 0 saturated heterocycles. The molecule has 1 N–H and O–H groups in total. The van der Waals surface area contributed by atoms with Crippen molar-refractivity contribution in [2.45, 2.75) is 11.3 Å². The van der Waals surface area contributed by atoms with Gasteiger partial charge in [-0.2, -0.15) is 0 Å². The summed E-state index contributed by atoms with van der Waals surface area (Å²) in [6.07, 6.45) is 0.555. The van der Waals surface area contributed by atoms with Gasteiger partial charge in [-0.1, -0.05) is 30.3 Å². The summed E-state index contributed by atoms with van der Waals surface area (Å²) in [6, 6.07) is 13.7. The Hall–Kier alpha value is -2.38. The summed E-state index contributed by atoms with van der Waals surface area (Å²) >= 11 is 0. The van der Waals surface area contributed by atoms with Crippen molar-refractivity contribution in [1.29, 1.82) is 0 Å². The average Bonchev–Trinajstić information content (AvgIpc) is 2.61. The third kappa shape index (κ3) is 4.33. The van der Waals surface area contributed by atoms with Gasteiger partial charge in [0, 0.05) is 6.54 Å². The fourth-order valence-electron chi connectivity index (χ4n) is 2.18. The number of carbonyl (C=O) groups excluding carboxylic acids is 1. The number of carbonyl (C=O) groups is 1. The molecule has 0 radical (unpaired) electrons. The zero-order valence-electron chi connectivity index (χ0n) is 13.5. The molecule has 0 aliphatic rings. The molecule has 6 nitrogen and oxygen atoms in total. The van der Waals surface area contributed by atoms with Gasteiger partial charge in [0.05, 0.1) is 19.8 Å². The third-order valence-corrected chi connectivity index (χ3v) is 4.91. The van der Waals surface area contributed by atoms with Crippen LogP contribution in [-0.2, 0) is 21.2 Å². The quantitative estimate of drug-likeness (QED) is 0.773. The molecule has 128 valence electrons. The molecule has 2 rings (SSSR count). The molecule has 0 amide bonds. The van der Waals surface area contributed by atoms with E-state index >= 15 is 0 Å². The predicted octanol–water partition coefficient (Wildman–Crippen LogP) is 2.00. The lowest BCUT2D eigenvalue weighted by molar-refractivity contribution is 0.0600. The van der Waals surface area contributed by atoms with Gasteiger partial charge in [-0.25, -0.2) is 17.9 Å². The smallest absolute Gasteiger partial charge is 0.337 e. The highest BCUT2D eigenvalue weighted by Crippen LogP contribution is 2.25. The van der Waals surface area contributed by atoms with Crippen LogP contribution in [0.1, 0.15) is 15.9 Å². The molecule has 0 bridgehead atoms. The summed E-state index contributed by atoms with van der Waals surface area (Å²) < 4.78 is 37.3. The molecule has 0 unspecified atom stereocenters. The van der Waals surface area contributed by atoms with E-state index < -0.39 is 16.0 Å². The molecule has 0 aromatic heterocycles. The lowest BCUT2D eigenvalue weighted by atomic mass is 10.2. The summed E-state index contributed by atoms with van der Waals surface area (Å²) in [4.78, 5) is 11.5. The first-order valence-corrected chi connectivity index (χ1v) is 8.76. The van der Waals surface area contributed by atoms with Crippen LogP contribution in [0.2, 0.25) is 0 Å². The number of ether oxygens (including phenoxy) is 2. The van der Waals surface area contributed by atoms with E-state index in [1.807, 2.05) is 30.3 Å². The number of rotatable bonds is 7. The normalized spacial score (nSPS) is 11.1. The molecule has 0 spiro atoms. The summed E-state index contributed by atoms with van der Waals surface area (Å²) in [7, 11) is -1.21. The minimum Gasteiger partial charge on any atom is -0.495 e. The number of hydrogen-bond donors (Lipinski definition) is 1. The van der Waals surface area contributed by atoms with E-state index in [0.717, 1.165) is 5.56 Å². The van der Waals surface area contributed by atoms with E-state index in [-0.39, 0.29) is 22.8 Å². The Kier molecular flexibility index (Phi) is 5.94. The highest BCUT2D eigenvalue weighted by atomic mass is 32.2. The summed E-state index contributed by atoms with van der Waals surface area (Å²) in [5, 5.41) is 0. The van der Waals surface area contributed by atoms with Gasteiger partial charge >= 0.3 is 5.97 Å². The van der Waals surface area contributed by atoms with Crippen LogP contribution in [0, 0.1) is 0 Å². The first kappa shape index (κ1) is 18.0. The highest BCUT2D eigenvalue weighted by molar-refractivity contribution is 7.89. The molecule has 0 heterocycles. The van der Waals surface area contributed by atoms with Gasteiger partial charge < -0.3 is 9.47 Å². The van der Waals surface area contributed by atoms with Gasteiger partial charge in [0.1, 0.15) is 10.6 Å². The molecule has 0 aliphatic carbocycles. The molecule has 0 fully saturated rings. The maximum Gasteiger partial charge on any atom is 0.337 e. The van der Waals surface area contributed by atoms with Gasteiger partial charge in [0.25, 0.3) is 0 Å². The Morgan fingerprint density at radius 2 is 1.79 bits per heavy atom. The monoisotopic (exact) mass is 349 g/mol. The highest BCUT2D eigenvalue weighted by Gasteiger charge is 2.21. The fourth-order valence-corrected chi connectivity index (χ4v) is 3.41. The van der Waals surface area contributed by atoms with E-state index in [0.29, 0.717) is 6.42 Å². The molecule has 0 saturated carbocycles. The molecule has 0 atom stereocenters. The lowest BCUT2D eigenvalue weighted by Gasteiger charge is -2.12. The molecule has 2 aromatic rings. The van der Waals surface area contributed by atoms with Crippen LogP contribution in [0.5, 0.6) is 5.75 Å². The Balaban J connectivity index is 2.19. The summed E-state index contributed by atoms with van der Waals surface area (Å²) in [6.45, 7) is 0.234. The van der Waals surface area contributed by atoms with Crippen molar-refractivity contribution < 1.29 is 22.7 Å².